The van der Waals surface area contributed by atoms with Gasteiger partial charge in [-0.05, 0) is 41.5 Å². The molecule has 1 heterocycles. The first-order valence-electron chi connectivity index (χ1n) is 8.82. The molecule has 2 aromatic rings. The van der Waals surface area contributed by atoms with Crippen LogP contribution in [-0.4, -0.2) is 28.6 Å². The van der Waals surface area contributed by atoms with Crippen LogP contribution in [0.5, 0.6) is 0 Å². The smallest absolute Gasteiger partial charge is 0.320 e. The van der Waals surface area contributed by atoms with Crippen LogP contribution in [0.4, 0.5) is 0 Å². The van der Waals surface area contributed by atoms with Crippen molar-refractivity contribution in [2.75, 3.05) is 6.54 Å². The van der Waals surface area contributed by atoms with E-state index in [1.807, 2.05) is 18.2 Å². The van der Waals surface area contributed by atoms with E-state index in [0.29, 0.717) is 12.3 Å². The summed E-state index contributed by atoms with van der Waals surface area (Å²) >= 11 is 3.66. The van der Waals surface area contributed by atoms with Crippen LogP contribution in [0.3, 0.4) is 0 Å². The van der Waals surface area contributed by atoms with Crippen molar-refractivity contribution in [2.24, 2.45) is 0 Å². The lowest BCUT2D eigenvalue weighted by atomic mass is 9.93. The zero-order valence-corrected chi connectivity index (χ0v) is 16.2. The Hall–Kier alpha value is -1.65. The molecule has 1 N–H and O–H groups in total. The van der Waals surface area contributed by atoms with Gasteiger partial charge in [-0.3, -0.25) is 9.69 Å². The molecule has 0 amide bonds. The highest BCUT2D eigenvalue weighted by molar-refractivity contribution is 9.10. The van der Waals surface area contributed by atoms with E-state index in [-0.39, 0.29) is 6.04 Å². The van der Waals surface area contributed by atoms with Gasteiger partial charge in [0, 0.05) is 11.0 Å². The van der Waals surface area contributed by atoms with Crippen molar-refractivity contribution < 1.29 is 9.90 Å². The van der Waals surface area contributed by atoms with Gasteiger partial charge in [0.15, 0.2) is 0 Å². The number of hydrogen-bond acceptors (Lipinski definition) is 2. The summed E-state index contributed by atoms with van der Waals surface area (Å²) < 4.78 is 1.02. The van der Waals surface area contributed by atoms with Crippen LogP contribution in [-0.2, 0) is 4.79 Å². The number of carbonyl (C=O) groups is 1. The Bertz CT molecular complexity index is 742. The summed E-state index contributed by atoms with van der Waals surface area (Å²) in [6, 6.07) is 16.3. The third kappa shape index (κ3) is 3.80. The molecule has 3 nitrogen and oxygen atoms in total. The lowest BCUT2D eigenvalue weighted by molar-refractivity contribution is -0.142. The van der Waals surface area contributed by atoms with E-state index >= 15 is 0 Å². The van der Waals surface area contributed by atoms with Crippen molar-refractivity contribution in [3.63, 3.8) is 0 Å². The van der Waals surface area contributed by atoms with Crippen LogP contribution in [0.1, 0.15) is 55.3 Å². The van der Waals surface area contributed by atoms with Gasteiger partial charge in [0.25, 0.3) is 0 Å². The maximum absolute atomic E-state index is 11.8. The summed E-state index contributed by atoms with van der Waals surface area (Å²) in [5, 5.41) is 9.66. The molecule has 4 heteroatoms. The molecule has 1 fully saturated rings. The summed E-state index contributed by atoms with van der Waals surface area (Å²) in [6.45, 7) is 5.16. The number of likely N-dealkylation sites (tertiary alicyclic amines) is 1. The summed E-state index contributed by atoms with van der Waals surface area (Å²) in [7, 11) is 0. The van der Waals surface area contributed by atoms with Crippen molar-refractivity contribution >= 4 is 21.9 Å². The largest absolute Gasteiger partial charge is 0.480 e. The standard InChI is InChI=1S/C21H24BrNO2/c1-14(2)15-9-11-16(12-10-15)20(17-6-3-4-7-18(17)22)23-13-5-8-19(23)21(24)25/h3-4,6-7,9-12,14,19-20H,5,8,13H2,1-2H3,(H,24,25). The number of rotatable bonds is 5. The molecule has 132 valence electrons. The van der Waals surface area contributed by atoms with E-state index in [1.54, 1.807) is 0 Å². The van der Waals surface area contributed by atoms with Crippen molar-refractivity contribution in [2.45, 2.75) is 44.7 Å². The van der Waals surface area contributed by atoms with Gasteiger partial charge in [-0.1, -0.05) is 72.2 Å². The van der Waals surface area contributed by atoms with Crippen LogP contribution >= 0.6 is 15.9 Å². The van der Waals surface area contributed by atoms with Gasteiger partial charge in [-0.2, -0.15) is 0 Å². The van der Waals surface area contributed by atoms with E-state index in [4.69, 9.17) is 0 Å². The summed E-state index contributed by atoms with van der Waals surface area (Å²) in [5.41, 5.74) is 3.56. The van der Waals surface area contributed by atoms with Crippen LogP contribution in [0.2, 0.25) is 0 Å². The predicted molar refractivity (Wildman–Crippen MR) is 104 cm³/mol. The Kier molecular flexibility index (Phi) is 5.60. The number of benzene rings is 2. The zero-order chi connectivity index (χ0) is 18.0. The lowest BCUT2D eigenvalue weighted by Crippen LogP contribution is -2.39. The zero-order valence-electron chi connectivity index (χ0n) is 14.7. The Morgan fingerprint density at radius 3 is 2.36 bits per heavy atom. The molecule has 2 aromatic carbocycles. The molecule has 0 aromatic heterocycles. The first-order valence-corrected chi connectivity index (χ1v) is 9.61. The van der Waals surface area contributed by atoms with Gasteiger partial charge in [-0.15, -0.1) is 0 Å². The minimum atomic E-state index is -0.728. The molecule has 1 saturated heterocycles. The molecule has 1 aliphatic heterocycles. The van der Waals surface area contributed by atoms with Gasteiger partial charge >= 0.3 is 5.97 Å². The Balaban J connectivity index is 2.06. The molecule has 25 heavy (non-hydrogen) atoms. The fourth-order valence-electron chi connectivity index (χ4n) is 3.67. The van der Waals surface area contributed by atoms with Gasteiger partial charge in [0.2, 0.25) is 0 Å². The highest BCUT2D eigenvalue weighted by atomic mass is 79.9. The first-order chi connectivity index (χ1) is 12.0. The van der Waals surface area contributed by atoms with Crippen LogP contribution < -0.4 is 0 Å². The topological polar surface area (TPSA) is 40.5 Å². The maximum atomic E-state index is 11.8. The van der Waals surface area contributed by atoms with Gasteiger partial charge in [0.05, 0.1) is 6.04 Å². The second kappa shape index (κ2) is 7.71. The van der Waals surface area contributed by atoms with Crippen molar-refractivity contribution in [3.05, 3.63) is 69.7 Å². The number of aliphatic carboxylic acids is 1. The van der Waals surface area contributed by atoms with Crippen molar-refractivity contribution in [3.8, 4) is 0 Å². The molecule has 0 saturated carbocycles. The quantitative estimate of drug-likeness (QED) is 0.746. The Morgan fingerprint density at radius 1 is 1.12 bits per heavy atom. The van der Waals surface area contributed by atoms with E-state index in [2.05, 4.69) is 65.0 Å². The number of nitrogens with zero attached hydrogens (tertiary/aromatic N) is 1. The van der Waals surface area contributed by atoms with Gasteiger partial charge < -0.3 is 5.11 Å². The minimum Gasteiger partial charge on any atom is -0.480 e. The Morgan fingerprint density at radius 2 is 1.76 bits per heavy atom. The summed E-state index contributed by atoms with van der Waals surface area (Å²) in [6.07, 6.45) is 1.63. The maximum Gasteiger partial charge on any atom is 0.320 e. The average Bonchev–Trinajstić information content (AvgIpc) is 3.07. The minimum absolute atomic E-state index is 0.0552. The molecule has 1 aliphatic rings. The van der Waals surface area contributed by atoms with E-state index in [1.165, 1.54) is 5.56 Å². The van der Waals surface area contributed by atoms with Crippen LogP contribution in [0.15, 0.2) is 53.0 Å². The molecule has 2 atom stereocenters. The van der Waals surface area contributed by atoms with Gasteiger partial charge in [0.1, 0.15) is 6.04 Å². The number of carboxylic acids is 1. The fourth-order valence-corrected chi connectivity index (χ4v) is 4.17. The number of carboxylic acid groups (broad SMARTS) is 1. The SMILES string of the molecule is CC(C)c1ccc(C(c2ccccc2Br)N2CCCC2C(=O)O)cc1. The van der Waals surface area contributed by atoms with Crippen LogP contribution in [0.25, 0.3) is 0 Å². The van der Waals surface area contributed by atoms with E-state index < -0.39 is 12.0 Å². The Labute approximate surface area is 157 Å². The van der Waals surface area contributed by atoms with E-state index in [0.717, 1.165) is 28.6 Å². The fraction of sp³-hybridized carbons (Fsp3) is 0.381. The highest BCUT2D eigenvalue weighted by Gasteiger charge is 2.37. The second-order valence-corrected chi connectivity index (χ2v) is 7.83. The monoisotopic (exact) mass is 401 g/mol. The highest BCUT2D eigenvalue weighted by Crippen LogP contribution is 2.38. The molecule has 0 bridgehead atoms. The van der Waals surface area contributed by atoms with Crippen molar-refractivity contribution in [1.82, 2.24) is 4.90 Å². The lowest BCUT2D eigenvalue weighted by Gasteiger charge is -2.32. The third-order valence-corrected chi connectivity index (χ3v) is 5.75. The molecule has 0 radical (unpaired) electrons. The number of hydrogen-bond donors (Lipinski definition) is 1. The van der Waals surface area contributed by atoms with Crippen LogP contribution in [0, 0.1) is 0 Å². The van der Waals surface area contributed by atoms with Crippen molar-refractivity contribution in [1.29, 1.82) is 0 Å². The first kappa shape index (κ1) is 18.2. The molecule has 2 unspecified atom stereocenters. The normalized spacial score (nSPS) is 19.3. The molecular formula is C21H24BrNO2. The average molecular weight is 402 g/mol. The van der Waals surface area contributed by atoms with Gasteiger partial charge in [-0.25, -0.2) is 0 Å². The molecule has 3 rings (SSSR count). The molecular weight excluding hydrogens is 378 g/mol. The predicted octanol–water partition coefficient (Wildman–Crippen LogP) is 5.21. The molecule has 0 spiro atoms. The van der Waals surface area contributed by atoms with E-state index in [9.17, 15) is 9.90 Å². The molecule has 0 aliphatic carbocycles. The summed E-state index contributed by atoms with van der Waals surface area (Å²) in [4.78, 5) is 13.9. The second-order valence-electron chi connectivity index (χ2n) is 6.98. The number of halogens is 1. The summed E-state index contributed by atoms with van der Waals surface area (Å²) in [5.74, 6) is -0.247. The third-order valence-electron chi connectivity index (χ3n) is 5.03.